The molecule has 0 saturated carbocycles. The Hall–Kier alpha value is -2.17. The van der Waals surface area contributed by atoms with Crippen molar-refractivity contribution in [2.75, 3.05) is 20.8 Å². The number of pyridine rings is 1. The maximum absolute atomic E-state index is 12.2. The molecule has 5 nitrogen and oxygen atoms in total. The van der Waals surface area contributed by atoms with Gasteiger partial charge in [-0.3, -0.25) is 4.79 Å². The summed E-state index contributed by atoms with van der Waals surface area (Å²) in [6.45, 7) is 2.67. The number of nitrogens with one attached hydrogen (secondary N) is 1. The number of aromatic amines is 1. The Morgan fingerprint density at radius 1 is 1.05 bits per heavy atom. The van der Waals surface area contributed by atoms with Crippen molar-refractivity contribution in [2.24, 2.45) is 0 Å². The highest BCUT2D eigenvalue weighted by Crippen LogP contribution is 2.32. The molecular formula is C17H23NO4. The summed E-state index contributed by atoms with van der Waals surface area (Å²) in [5.41, 5.74) is 0.382. The lowest BCUT2D eigenvalue weighted by molar-refractivity contribution is 0.282. The molecule has 120 valence electrons. The molecule has 0 aliphatic heterocycles. The molecule has 1 N–H and O–H groups in total. The van der Waals surface area contributed by atoms with E-state index in [0.29, 0.717) is 23.6 Å². The zero-order valence-corrected chi connectivity index (χ0v) is 13.4. The van der Waals surface area contributed by atoms with Gasteiger partial charge < -0.3 is 19.2 Å². The van der Waals surface area contributed by atoms with Crippen LogP contribution in [0.2, 0.25) is 0 Å². The fourth-order valence-corrected chi connectivity index (χ4v) is 2.39. The van der Waals surface area contributed by atoms with Gasteiger partial charge in [0.1, 0.15) is 5.75 Å². The van der Waals surface area contributed by atoms with Gasteiger partial charge >= 0.3 is 0 Å². The fraction of sp³-hybridized carbons (Fsp3) is 0.471. The lowest BCUT2D eigenvalue weighted by Gasteiger charge is -2.12. The number of fused-ring (bicyclic) bond motifs is 1. The number of aromatic nitrogens is 1. The van der Waals surface area contributed by atoms with E-state index >= 15 is 0 Å². The van der Waals surface area contributed by atoms with Crippen molar-refractivity contribution in [3.05, 3.63) is 28.6 Å². The average Bonchev–Trinajstić information content (AvgIpc) is 2.54. The predicted molar refractivity (Wildman–Crippen MR) is 87.3 cm³/mol. The van der Waals surface area contributed by atoms with Gasteiger partial charge in [-0.2, -0.15) is 0 Å². The standard InChI is InChI=1S/C17H23NO4/c1-4-5-6-7-10-22-16-15(21-3)13-9-8-12(20-2)11-14(13)18-17(16)19/h8-9,11H,4-7,10H2,1-3H3,(H,18,19). The normalized spacial score (nSPS) is 10.7. The molecule has 0 fully saturated rings. The van der Waals surface area contributed by atoms with Crippen LogP contribution in [-0.4, -0.2) is 25.8 Å². The van der Waals surface area contributed by atoms with Crippen molar-refractivity contribution in [2.45, 2.75) is 32.6 Å². The second-order valence-electron chi connectivity index (χ2n) is 5.14. The van der Waals surface area contributed by atoms with Crippen molar-refractivity contribution in [1.29, 1.82) is 0 Å². The summed E-state index contributed by atoms with van der Waals surface area (Å²) in [5, 5.41) is 0.798. The van der Waals surface area contributed by atoms with Crippen LogP contribution in [0.1, 0.15) is 32.6 Å². The van der Waals surface area contributed by atoms with E-state index in [1.807, 2.05) is 12.1 Å². The number of benzene rings is 1. The van der Waals surface area contributed by atoms with Crippen molar-refractivity contribution in [3.8, 4) is 17.2 Å². The van der Waals surface area contributed by atoms with E-state index in [-0.39, 0.29) is 11.3 Å². The van der Waals surface area contributed by atoms with Crippen LogP contribution in [-0.2, 0) is 0 Å². The van der Waals surface area contributed by atoms with Gasteiger partial charge in [-0.15, -0.1) is 0 Å². The topological polar surface area (TPSA) is 60.6 Å². The second kappa shape index (κ2) is 7.73. The lowest BCUT2D eigenvalue weighted by atomic mass is 10.2. The smallest absolute Gasteiger partial charge is 0.294 e. The first-order valence-corrected chi connectivity index (χ1v) is 7.62. The number of ether oxygens (including phenoxy) is 3. The van der Waals surface area contributed by atoms with Crippen LogP contribution in [0.25, 0.3) is 10.9 Å². The van der Waals surface area contributed by atoms with Crippen molar-refractivity contribution < 1.29 is 14.2 Å². The van der Waals surface area contributed by atoms with Gasteiger partial charge in [0.05, 0.1) is 26.3 Å². The van der Waals surface area contributed by atoms with E-state index in [1.54, 1.807) is 20.3 Å². The number of H-pyrrole nitrogens is 1. The molecule has 2 aromatic rings. The van der Waals surface area contributed by atoms with Crippen molar-refractivity contribution in [1.82, 2.24) is 4.98 Å². The van der Waals surface area contributed by atoms with Crippen LogP contribution in [0.4, 0.5) is 0 Å². The largest absolute Gasteiger partial charge is 0.497 e. The molecule has 0 spiro atoms. The molecular weight excluding hydrogens is 282 g/mol. The molecule has 1 aromatic carbocycles. The molecule has 0 radical (unpaired) electrons. The maximum atomic E-state index is 12.2. The summed E-state index contributed by atoms with van der Waals surface area (Å²) in [5.74, 6) is 1.40. The number of rotatable bonds is 8. The van der Waals surface area contributed by atoms with E-state index < -0.39 is 0 Å². The third-order valence-corrected chi connectivity index (χ3v) is 3.58. The Balaban J connectivity index is 2.29. The van der Waals surface area contributed by atoms with Crippen LogP contribution < -0.4 is 19.8 Å². The Morgan fingerprint density at radius 2 is 1.86 bits per heavy atom. The molecule has 0 saturated heterocycles. The zero-order valence-electron chi connectivity index (χ0n) is 13.4. The van der Waals surface area contributed by atoms with E-state index in [2.05, 4.69) is 11.9 Å². The minimum Gasteiger partial charge on any atom is -0.497 e. The first-order chi connectivity index (χ1) is 10.7. The fourth-order valence-electron chi connectivity index (χ4n) is 2.39. The monoisotopic (exact) mass is 305 g/mol. The first-order valence-electron chi connectivity index (χ1n) is 7.62. The molecule has 0 bridgehead atoms. The molecule has 0 unspecified atom stereocenters. The molecule has 1 aromatic heterocycles. The summed E-state index contributed by atoms with van der Waals surface area (Å²) in [4.78, 5) is 15.1. The summed E-state index contributed by atoms with van der Waals surface area (Å²) in [6, 6.07) is 5.45. The van der Waals surface area contributed by atoms with Gasteiger partial charge in [-0.05, 0) is 18.6 Å². The molecule has 5 heteroatoms. The molecule has 0 aliphatic carbocycles. The minimum atomic E-state index is -0.284. The van der Waals surface area contributed by atoms with Crippen LogP contribution in [0.5, 0.6) is 17.2 Å². The van der Waals surface area contributed by atoms with E-state index in [9.17, 15) is 4.79 Å². The van der Waals surface area contributed by atoms with E-state index in [0.717, 1.165) is 18.2 Å². The predicted octanol–water partition coefficient (Wildman–Crippen LogP) is 3.50. The van der Waals surface area contributed by atoms with Crippen LogP contribution in [0.3, 0.4) is 0 Å². The van der Waals surface area contributed by atoms with Gasteiger partial charge in [0.25, 0.3) is 5.56 Å². The highest BCUT2D eigenvalue weighted by Gasteiger charge is 2.15. The third kappa shape index (κ3) is 3.53. The molecule has 0 atom stereocenters. The SMILES string of the molecule is CCCCCCOc1c(OC)c2ccc(OC)cc2[nH]c1=O. The van der Waals surface area contributed by atoms with Crippen LogP contribution >= 0.6 is 0 Å². The van der Waals surface area contributed by atoms with Crippen LogP contribution in [0, 0.1) is 0 Å². The molecule has 22 heavy (non-hydrogen) atoms. The summed E-state index contributed by atoms with van der Waals surface area (Å²) in [6.07, 6.45) is 4.37. The number of hydrogen-bond acceptors (Lipinski definition) is 4. The lowest BCUT2D eigenvalue weighted by Crippen LogP contribution is -2.14. The van der Waals surface area contributed by atoms with Gasteiger partial charge in [0, 0.05) is 11.5 Å². The Bertz CT molecular complexity index is 678. The molecule has 2 rings (SSSR count). The maximum Gasteiger partial charge on any atom is 0.294 e. The van der Waals surface area contributed by atoms with Gasteiger partial charge in [0.15, 0.2) is 5.75 Å². The highest BCUT2D eigenvalue weighted by molar-refractivity contribution is 5.88. The quantitative estimate of drug-likeness (QED) is 0.758. The van der Waals surface area contributed by atoms with E-state index in [1.165, 1.54) is 12.8 Å². The van der Waals surface area contributed by atoms with Crippen LogP contribution in [0.15, 0.2) is 23.0 Å². The summed E-state index contributed by atoms with van der Waals surface area (Å²) in [7, 11) is 3.13. The Kier molecular flexibility index (Phi) is 5.69. The van der Waals surface area contributed by atoms with Gasteiger partial charge in [-0.1, -0.05) is 26.2 Å². The van der Waals surface area contributed by atoms with Crippen molar-refractivity contribution >= 4 is 10.9 Å². The Labute approximate surface area is 130 Å². The Morgan fingerprint density at radius 3 is 2.55 bits per heavy atom. The number of methoxy groups -OCH3 is 2. The summed E-state index contributed by atoms with van der Waals surface area (Å²) >= 11 is 0. The third-order valence-electron chi connectivity index (χ3n) is 3.58. The molecule has 1 heterocycles. The van der Waals surface area contributed by atoms with E-state index in [4.69, 9.17) is 14.2 Å². The second-order valence-corrected chi connectivity index (χ2v) is 5.14. The first kappa shape index (κ1) is 16.2. The van der Waals surface area contributed by atoms with Crippen molar-refractivity contribution in [3.63, 3.8) is 0 Å². The molecule has 0 amide bonds. The minimum absolute atomic E-state index is 0.247. The number of hydrogen-bond donors (Lipinski definition) is 1. The van der Waals surface area contributed by atoms with Gasteiger partial charge in [-0.25, -0.2) is 0 Å². The molecule has 0 aliphatic rings. The highest BCUT2D eigenvalue weighted by atomic mass is 16.5. The zero-order chi connectivity index (χ0) is 15.9. The summed E-state index contributed by atoms with van der Waals surface area (Å²) < 4.78 is 16.2. The number of unbranched alkanes of at least 4 members (excludes halogenated alkanes) is 3. The average molecular weight is 305 g/mol. The van der Waals surface area contributed by atoms with Gasteiger partial charge in [0.2, 0.25) is 5.75 Å².